The minimum absolute atomic E-state index is 0.681. The maximum Gasteiger partial charge on any atom is 0.213 e. The standard InChI is InChI=1S/C12H20N2O/c1-3-4-8-13-9-10-15-12-7-5-6-11(2)14-12/h5-7,13H,3-4,8-10H2,1-2H3. The van der Waals surface area contributed by atoms with E-state index in [0.717, 1.165) is 18.8 Å². The highest BCUT2D eigenvalue weighted by Crippen LogP contribution is 2.05. The molecule has 3 heteroatoms. The molecular formula is C12H20N2O. The van der Waals surface area contributed by atoms with Crippen molar-refractivity contribution in [3.63, 3.8) is 0 Å². The Hall–Kier alpha value is -1.09. The minimum atomic E-state index is 0.681. The molecule has 0 spiro atoms. The van der Waals surface area contributed by atoms with Crippen LogP contribution in [0.25, 0.3) is 0 Å². The molecule has 0 aliphatic carbocycles. The van der Waals surface area contributed by atoms with Crippen molar-refractivity contribution >= 4 is 0 Å². The molecule has 0 bridgehead atoms. The predicted molar refractivity (Wildman–Crippen MR) is 62.2 cm³/mol. The van der Waals surface area contributed by atoms with Crippen LogP contribution in [0, 0.1) is 6.92 Å². The van der Waals surface area contributed by atoms with Crippen molar-refractivity contribution in [1.82, 2.24) is 10.3 Å². The lowest BCUT2D eigenvalue weighted by Gasteiger charge is -2.06. The summed E-state index contributed by atoms with van der Waals surface area (Å²) >= 11 is 0. The third-order valence-corrected chi connectivity index (χ3v) is 2.10. The van der Waals surface area contributed by atoms with Gasteiger partial charge in [0.25, 0.3) is 0 Å². The zero-order chi connectivity index (χ0) is 10.9. The summed E-state index contributed by atoms with van der Waals surface area (Å²) in [6, 6.07) is 5.81. The first-order valence-corrected chi connectivity index (χ1v) is 5.60. The van der Waals surface area contributed by atoms with Gasteiger partial charge >= 0.3 is 0 Å². The quantitative estimate of drug-likeness (QED) is 0.697. The number of rotatable bonds is 7. The van der Waals surface area contributed by atoms with Crippen LogP contribution in [-0.2, 0) is 0 Å². The third kappa shape index (κ3) is 5.37. The number of pyridine rings is 1. The van der Waals surface area contributed by atoms with E-state index >= 15 is 0 Å². The zero-order valence-corrected chi connectivity index (χ0v) is 9.62. The minimum Gasteiger partial charge on any atom is -0.476 e. The summed E-state index contributed by atoms with van der Waals surface area (Å²) in [5, 5.41) is 3.32. The van der Waals surface area contributed by atoms with Crippen molar-refractivity contribution < 1.29 is 4.74 Å². The molecule has 3 nitrogen and oxygen atoms in total. The molecular weight excluding hydrogens is 188 g/mol. The fraction of sp³-hybridized carbons (Fsp3) is 0.583. The van der Waals surface area contributed by atoms with Gasteiger partial charge in [-0.1, -0.05) is 19.4 Å². The molecule has 0 unspecified atom stereocenters. The Balaban J connectivity index is 2.10. The van der Waals surface area contributed by atoms with Crippen molar-refractivity contribution in [1.29, 1.82) is 0 Å². The van der Waals surface area contributed by atoms with Crippen LogP contribution in [-0.4, -0.2) is 24.7 Å². The Morgan fingerprint density at radius 2 is 2.20 bits per heavy atom. The summed E-state index contributed by atoms with van der Waals surface area (Å²) in [7, 11) is 0. The average Bonchev–Trinajstić information content (AvgIpc) is 2.23. The van der Waals surface area contributed by atoms with Crippen LogP contribution in [0.4, 0.5) is 0 Å². The molecule has 1 aromatic heterocycles. The van der Waals surface area contributed by atoms with E-state index in [4.69, 9.17) is 4.74 Å². The summed E-state index contributed by atoms with van der Waals surface area (Å²) in [6.45, 7) is 6.79. The van der Waals surface area contributed by atoms with Gasteiger partial charge < -0.3 is 10.1 Å². The normalized spacial score (nSPS) is 10.3. The summed E-state index contributed by atoms with van der Waals surface area (Å²) in [6.07, 6.45) is 2.45. The van der Waals surface area contributed by atoms with Crippen LogP contribution < -0.4 is 10.1 Å². The molecule has 0 saturated heterocycles. The first-order chi connectivity index (χ1) is 7.33. The molecule has 0 atom stereocenters. The Morgan fingerprint density at radius 3 is 2.93 bits per heavy atom. The summed E-state index contributed by atoms with van der Waals surface area (Å²) in [4.78, 5) is 4.26. The molecule has 1 aromatic rings. The summed E-state index contributed by atoms with van der Waals surface area (Å²) in [5.41, 5.74) is 0.992. The van der Waals surface area contributed by atoms with E-state index in [-0.39, 0.29) is 0 Å². The molecule has 0 aliphatic heterocycles. The van der Waals surface area contributed by atoms with Gasteiger partial charge in [0, 0.05) is 18.3 Å². The SMILES string of the molecule is CCCCNCCOc1cccc(C)n1. The molecule has 0 amide bonds. The molecule has 0 radical (unpaired) electrons. The molecule has 0 aliphatic rings. The van der Waals surface area contributed by atoms with Gasteiger partial charge in [0.1, 0.15) is 6.61 Å². The number of ether oxygens (including phenoxy) is 1. The number of nitrogens with zero attached hydrogens (tertiary/aromatic N) is 1. The molecule has 15 heavy (non-hydrogen) atoms. The van der Waals surface area contributed by atoms with Crippen LogP contribution in [0.2, 0.25) is 0 Å². The van der Waals surface area contributed by atoms with E-state index in [1.165, 1.54) is 12.8 Å². The molecule has 0 fully saturated rings. The van der Waals surface area contributed by atoms with E-state index in [9.17, 15) is 0 Å². The maximum absolute atomic E-state index is 5.49. The van der Waals surface area contributed by atoms with E-state index in [0.29, 0.717) is 12.5 Å². The number of hydrogen-bond acceptors (Lipinski definition) is 3. The number of aryl methyl sites for hydroxylation is 1. The van der Waals surface area contributed by atoms with E-state index in [1.807, 2.05) is 25.1 Å². The second-order valence-electron chi connectivity index (χ2n) is 3.57. The van der Waals surface area contributed by atoms with Gasteiger partial charge in [0.15, 0.2) is 0 Å². The van der Waals surface area contributed by atoms with Gasteiger partial charge in [0.2, 0.25) is 5.88 Å². The van der Waals surface area contributed by atoms with Gasteiger partial charge in [-0.25, -0.2) is 4.98 Å². The molecule has 84 valence electrons. The van der Waals surface area contributed by atoms with Crippen molar-refractivity contribution in [2.24, 2.45) is 0 Å². The topological polar surface area (TPSA) is 34.1 Å². The maximum atomic E-state index is 5.49. The van der Waals surface area contributed by atoms with Crippen molar-refractivity contribution in [2.45, 2.75) is 26.7 Å². The fourth-order valence-corrected chi connectivity index (χ4v) is 1.25. The summed E-state index contributed by atoms with van der Waals surface area (Å²) in [5.74, 6) is 0.715. The predicted octanol–water partition coefficient (Wildman–Crippen LogP) is 2.16. The van der Waals surface area contributed by atoms with Gasteiger partial charge in [-0.05, 0) is 26.0 Å². The fourth-order valence-electron chi connectivity index (χ4n) is 1.25. The molecule has 1 heterocycles. The van der Waals surface area contributed by atoms with Gasteiger partial charge in [-0.15, -0.1) is 0 Å². The van der Waals surface area contributed by atoms with Crippen LogP contribution in [0.5, 0.6) is 5.88 Å². The number of aromatic nitrogens is 1. The lowest BCUT2D eigenvalue weighted by atomic mass is 10.3. The molecule has 1 rings (SSSR count). The van der Waals surface area contributed by atoms with Crippen LogP contribution in [0.15, 0.2) is 18.2 Å². The smallest absolute Gasteiger partial charge is 0.213 e. The number of nitrogens with one attached hydrogen (secondary N) is 1. The van der Waals surface area contributed by atoms with Gasteiger partial charge in [-0.2, -0.15) is 0 Å². The van der Waals surface area contributed by atoms with E-state index in [2.05, 4.69) is 17.2 Å². The van der Waals surface area contributed by atoms with E-state index in [1.54, 1.807) is 0 Å². The highest BCUT2D eigenvalue weighted by molar-refractivity contribution is 5.14. The second-order valence-corrected chi connectivity index (χ2v) is 3.57. The largest absolute Gasteiger partial charge is 0.476 e. The Kier molecular flexibility index (Phi) is 5.78. The Labute approximate surface area is 91.9 Å². The third-order valence-electron chi connectivity index (χ3n) is 2.10. The Bertz CT molecular complexity index is 276. The number of hydrogen-bond donors (Lipinski definition) is 1. The van der Waals surface area contributed by atoms with Crippen LogP contribution >= 0.6 is 0 Å². The first kappa shape index (κ1) is 12.0. The average molecular weight is 208 g/mol. The van der Waals surface area contributed by atoms with Crippen molar-refractivity contribution in [2.75, 3.05) is 19.7 Å². The Morgan fingerprint density at radius 1 is 1.33 bits per heavy atom. The highest BCUT2D eigenvalue weighted by Gasteiger charge is 1.94. The monoisotopic (exact) mass is 208 g/mol. The van der Waals surface area contributed by atoms with Gasteiger partial charge in [0.05, 0.1) is 0 Å². The zero-order valence-electron chi connectivity index (χ0n) is 9.62. The molecule has 1 N–H and O–H groups in total. The van der Waals surface area contributed by atoms with Crippen molar-refractivity contribution in [3.8, 4) is 5.88 Å². The summed E-state index contributed by atoms with van der Waals surface area (Å²) < 4.78 is 5.49. The molecule has 0 aromatic carbocycles. The van der Waals surface area contributed by atoms with E-state index < -0.39 is 0 Å². The van der Waals surface area contributed by atoms with Gasteiger partial charge in [-0.3, -0.25) is 0 Å². The van der Waals surface area contributed by atoms with Crippen LogP contribution in [0.1, 0.15) is 25.5 Å². The highest BCUT2D eigenvalue weighted by atomic mass is 16.5. The van der Waals surface area contributed by atoms with Crippen molar-refractivity contribution in [3.05, 3.63) is 23.9 Å². The lowest BCUT2D eigenvalue weighted by Crippen LogP contribution is -2.22. The first-order valence-electron chi connectivity index (χ1n) is 5.60. The second kappa shape index (κ2) is 7.23. The number of unbranched alkanes of at least 4 members (excludes halogenated alkanes) is 1. The van der Waals surface area contributed by atoms with Crippen LogP contribution in [0.3, 0.4) is 0 Å². The molecule has 0 saturated carbocycles. The lowest BCUT2D eigenvalue weighted by molar-refractivity contribution is 0.302.